The summed E-state index contributed by atoms with van der Waals surface area (Å²) in [7, 11) is 0. The van der Waals surface area contributed by atoms with Gasteiger partial charge in [0.2, 0.25) is 0 Å². The first-order chi connectivity index (χ1) is 9.11. The number of ether oxygens (including phenoxy) is 1. The zero-order valence-electron chi connectivity index (χ0n) is 11.2. The average molecular weight is 259 g/mol. The minimum Gasteiger partial charge on any atom is -0.457 e. The molecule has 0 amide bonds. The lowest BCUT2D eigenvalue weighted by Crippen LogP contribution is -2.09. The first kappa shape index (κ1) is 13.6. The van der Waals surface area contributed by atoms with E-state index in [9.17, 15) is 4.39 Å². The van der Waals surface area contributed by atoms with E-state index in [4.69, 9.17) is 10.5 Å². The highest BCUT2D eigenvalue weighted by atomic mass is 19.1. The van der Waals surface area contributed by atoms with E-state index in [1.807, 2.05) is 38.1 Å². The lowest BCUT2D eigenvalue weighted by Gasteiger charge is -2.16. The van der Waals surface area contributed by atoms with Crippen LogP contribution in [0.3, 0.4) is 0 Å². The van der Waals surface area contributed by atoms with Crippen molar-refractivity contribution in [2.75, 3.05) is 0 Å². The molecule has 19 heavy (non-hydrogen) atoms. The summed E-state index contributed by atoms with van der Waals surface area (Å²) in [4.78, 5) is 0. The van der Waals surface area contributed by atoms with E-state index in [1.54, 1.807) is 6.07 Å². The lowest BCUT2D eigenvalue weighted by atomic mass is 10.0. The number of hydrogen-bond donors (Lipinski definition) is 1. The minimum absolute atomic E-state index is 0.0786. The largest absolute Gasteiger partial charge is 0.457 e. The van der Waals surface area contributed by atoms with Gasteiger partial charge in [-0.15, -0.1) is 0 Å². The summed E-state index contributed by atoms with van der Waals surface area (Å²) in [5, 5.41) is 0. The van der Waals surface area contributed by atoms with Gasteiger partial charge in [0.1, 0.15) is 17.3 Å². The van der Waals surface area contributed by atoms with Gasteiger partial charge in [0.15, 0.2) is 0 Å². The van der Waals surface area contributed by atoms with Gasteiger partial charge in [-0.2, -0.15) is 0 Å². The second kappa shape index (κ2) is 5.85. The maximum Gasteiger partial charge on any atom is 0.133 e. The highest BCUT2D eigenvalue weighted by Crippen LogP contribution is 2.31. The van der Waals surface area contributed by atoms with E-state index in [1.165, 1.54) is 12.1 Å². The van der Waals surface area contributed by atoms with Gasteiger partial charge in [0.25, 0.3) is 0 Å². The van der Waals surface area contributed by atoms with Crippen molar-refractivity contribution in [3.8, 4) is 11.5 Å². The fourth-order valence-electron chi connectivity index (χ4n) is 1.90. The molecule has 2 aromatic rings. The number of benzene rings is 2. The Morgan fingerprint density at radius 1 is 1.16 bits per heavy atom. The third-order valence-corrected chi connectivity index (χ3v) is 3.13. The zero-order valence-corrected chi connectivity index (χ0v) is 11.2. The molecule has 1 unspecified atom stereocenters. The number of aryl methyl sites for hydroxylation is 1. The summed E-state index contributed by atoms with van der Waals surface area (Å²) < 4.78 is 19.1. The quantitative estimate of drug-likeness (QED) is 0.886. The first-order valence-electron chi connectivity index (χ1n) is 6.40. The van der Waals surface area contributed by atoms with E-state index < -0.39 is 0 Å². The average Bonchev–Trinajstić information content (AvgIpc) is 2.42. The Morgan fingerprint density at radius 2 is 1.89 bits per heavy atom. The molecular formula is C16H18FNO. The fourth-order valence-corrected chi connectivity index (χ4v) is 1.90. The van der Waals surface area contributed by atoms with Crippen molar-refractivity contribution < 1.29 is 9.13 Å². The molecule has 0 radical (unpaired) electrons. The standard InChI is InChI=1S/C16H18FNO/c1-3-14(18)13-6-4-5-7-15(13)19-16-10-12(17)9-8-11(16)2/h4-10,14H,3,18H2,1-2H3. The maximum atomic E-state index is 13.3. The maximum absolute atomic E-state index is 13.3. The van der Waals surface area contributed by atoms with Crippen molar-refractivity contribution in [2.24, 2.45) is 5.73 Å². The van der Waals surface area contributed by atoms with Gasteiger partial charge in [0, 0.05) is 17.7 Å². The van der Waals surface area contributed by atoms with Gasteiger partial charge in [0.05, 0.1) is 0 Å². The molecule has 2 aromatic carbocycles. The van der Waals surface area contributed by atoms with Gasteiger partial charge < -0.3 is 10.5 Å². The SMILES string of the molecule is CCC(N)c1ccccc1Oc1cc(F)ccc1C. The molecule has 0 heterocycles. The second-order valence-corrected chi connectivity index (χ2v) is 4.56. The Kier molecular flexibility index (Phi) is 4.17. The van der Waals surface area contributed by atoms with Crippen molar-refractivity contribution >= 4 is 0 Å². The molecule has 0 aliphatic rings. The van der Waals surface area contributed by atoms with Crippen LogP contribution in [0.4, 0.5) is 4.39 Å². The summed E-state index contributed by atoms with van der Waals surface area (Å²) in [6.45, 7) is 3.91. The molecule has 2 nitrogen and oxygen atoms in total. The molecule has 0 spiro atoms. The van der Waals surface area contributed by atoms with Crippen molar-refractivity contribution in [3.63, 3.8) is 0 Å². The molecule has 0 bridgehead atoms. The molecule has 0 saturated carbocycles. The molecule has 2 rings (SSSR count). The normalized spacial score (nSPS) is 12.2. The number of para-hydroxylation sites is 1. The predicted molar refractivity (Wildman–Crippen MR) is 74.9 cm³/mol. The van der Waals surface area contributed by atoms with Crippen molar-refractivity contribution in [1.82, 2.24) is 0 Å². The molecule has 0 saturated heterocycles. The Balaban J connectivity index is 2.35. The van der Waals surface area contributed by atoms with Crippen LogP contribution in [0.1, 0.15) is 30.5 Å². The number of hydrogen-bond acceptors (Lipinski definition) is 2. The van der Waals surface area contributed by atoms with Gasteiger partial charge >= 0.3 is 0 Å². The highest BCUT2D eigenvalue weighted by molar-refractivity contribution is 5.42. The van der Waals surface area contributed by atoms with Crippen LogP contribution < -0.4 is 10.5 Å². The van der Waals surface area contributed by atoms with Crippen LogP contribution in [-0.4, -0.2) is 0 Å². The number of halogens is 1. The molecule has 0 aromatic heterocycles. The van der Waals surface area contributed by atoms with Crippen LogP contribution in [0.5, 0.6) is 11.5 Å². The first-order valence-corrected chi connectivity index (χ1v) is 6.40. The Morgan fingerprint density at radius 3 is 2.63 bits per heavy atom. The second-order valence-electron chi connectivity index (χ2n) is 4.56. The van der Waals surface area contributed by atoms with E-state index in [-0.39, 0.29) is 11.9 Å². The zero-order chi connectivity index (χ0) is 13.8. The summed E-state index contributed by atoms with van der Waals surface area (Å²) in [6.07, 6.45) is 0.822. The number of nitrogens with two attached hydrogens (primary N) is 1. The predicted octanol–water partition coefficient (Wildman–Crippen LogP) is 4.34. The topological polar surface area (TPSA) is 35.2 Å². The van der Waals surface area contributed by atoms with Crippen LogP contribution in [0.15, 0.2) is 42.5 Å². The Bertz CT molecular complexity index is 568. The van der Waals surface area contributed by atoms with E-state index >= 15 is 0 Å². The monoisotopic (exact) mass is 259 g/mol. The van der Waals surface area contributed by atoms with Gasteiger partial charge in [-0.25, -0.2) is 4.39 Å². The van der Waals surface area contributed by atoms with E-state index in [2.05, 4.69) is 0 Å². The smallest absolute Gasteiger partial charge is 0.133 e. The molecule has 0 aliphatic carbocycles. The van der Waals surface area contributed by atoms with Gasteiger partial charge in [-0.05, 0) is 31.0 Å². The minimum atomic E-state index is -0.308. The molecule has 2 N–H and O–H groups in total. The van der Waals surface area contributed by atoms with Crippen LogP contribution >= 0.6 is 0 Å². The van der Waals surface area contributed by atoms with Crippen molar-refractivity contribution in [2.45, 2.75) is 26.3 Å². The molecular weight excluding hydrogens is 241 g/mol. The molecule has 1 atom stereocenters. The summed E-state index contributed by atoms with van der Waals surface area (Å²) in [6, 6.07) is 12.0. The fraction of sp³-hybridized carbons (Fsp3) is 0.250. The third-order valence-electron chi connectivity index (χ3n) is 3.13. The van der Waals surface area contributed by atoms with Gasteiger partial charge in [-0.1, -0.05) is 31.2 Å². The molecule has 0 fully saturated rings. The molecule has 100 valence electrons. The summed E-state index contributed by atoms with van der Waals surface area (Å²) >= 11 is 0. The van der Waals surface area contributed by atoms with E-state index in [0.717, 1.165) is 17.5 Å². The molecule has 3 heteroatoms. The summed E-state index contributed by atoms with van der Waals surface area (Å²) in [5.74, 6) is 0.902. The van der Waals surface area contributed by atoms with Crippen LogP contribution in [-0.2, 0) is 0 Å². The van der Waals surface area contributed by atoms with Crippen LogP contribution in [0, 0.1) is 12.7 Å². The van der Waals surface area contributed by atoms with Gasteiger partial charge in [-0.3, -0.25) is 0 Å². The lowest BCUT2D eigenvalue weighted by molar-refractivity contribution is 0.460. The van der Waals surface area contributed by atoms with Crippen molar-refractivity contribution in [3.05, 3.63) is 59.4 Å². The van der Waals surface area contributed by atoms with E-state index in [0.29, 0.717) is 11.5 Å². The summed E-state index contributed by atoms with van der Waals surface area (Å²) in [5.41, 5.74) is 7.89. The Labute approximate surface area is 113 Å². The highest BCUT2D eigenvalue weighted by Gasteiger charge is 2.11. The molecule has 0 aliphatic heterocycles. The Hall–Kier alpha value is -1.87. The third kappa shape index (κ3) is 3.12. The van der Waals surface area contributed by atoms with Crippen molar-refractivity contribution in [1.29, 1.82) is 0 Å². The number of rotatable bonds is 4. The van der Waals surface area contributed by atoms with Crippen LogP contribution in [0.2, 0.25) is 0 Å². The van der Waals surface area contributed by atoms with Crippen LogP contribution in [0.25, 0.3) is 0 Å².